The molecule has 0 fully saturated rings. The van der Waals surface area contributed by atoms with Gasteiger partial charge >= 0.3 is 11.9 Å². The van der Waals surface area contributed by atoms with E-state index in [0.717, 1.165) is 7.11 Å². The van der Waals surface area contributed by atoms with E-state index in [4.69, 9.17) is 5.26 Å². The SMILES string of the molecule is COC(=O)C(=O)O[O]. The average molecular weight is 119 g/mol. The van der Waals surface area contributed by atoms with Gasteiger partial charge in [0.05, 0.1) is 7.11 Å². The molecule has 0 saturated heterocycles. The Morgan fingerprint density at radius 3 is 1.88 bits per heavy atom. The van der Waals surface area contributed by atoms with Crippen LogP contribution in [0.1, 0.15) is 0 Å². The number of rotatable bonds is 0. The summed E-state index contributed by atoms with van der Waals surface area (Å²) in [5.74, 6) is -2.83. The van der Waals surface area contributed by atoms with Gasteiger partial charge in [-0.15, -0.1) is 0 Å². The standard InChI is InChI=1S/C3H3O5/c1-7-2(4)3(5)8-6/h1H3. The molecular weight excluding hydrogens is 116 g/mol. The highest BCUT2D eigenvalue weighted by Gasteiger charge is 2.15. The van der Waals surface area contributed by atoms with E-state index in [1.54, 1.807) is 0 Å². The topological polar surface area (TPSA) is 72.5 Å². The van der Waals surface area contributed by atoms with Gasteiger partial charge < -0.3 is 4.74 Å². The summed E-state index contributed by atoms with van der Waals surface area (Å²) in [7, 11) is 0.971. The maximum absolute atomic E-state index is 9.85. The van der Waals surface area contributed by atoms with Crippen molar-refractivity contribution in [2.75, 3.05) is 7.11 Å². The van der Waals surface area contributed by atoms with Crippen LogP contribution in [0.3, 0.4) is 0 Å². The van der Waals surface area contributed by atoms with Crippen LogP contribution in [-0.2, 0) is 24.5 Å². The highest BCUT2D eigenvalue weighted by Crippen LogP contribution is 1.76. The lowest BCUT2D eigenvalue weighted by molar-refractivity contribution is -0.277. The molecule has 0 unspecified atom stereocenters. The molecule has 8 heavy (non-hydrogen) atoms. The van der Waals surface area contributed by atoms with Crippen LogP contribution in [0.2, 0.25) is 0 Å². The zero-order valence-corrected chi connectivity index (χ0v) is 4.04. The summed E-state index contributed by atoms with van der Waals surface area (Å²) in [5.41, 5.74) is 0. The Hall–Kier alpha value is -1.10. The van der Waals surface area contributed by atoms with Crippen molar-refractivity contribution in [1.82, 2.24) is 0 Å². The van der Waals surface area contributed by atoms with Gasteiger partial charge in [0.15, 0.2) is 0 Å². The number of ether oxygens (including phenoxy) is 1. The molecule has 0 N–H and O–H groups in total. The molecule has 0 bridgehead atoms. The Kier molecular flexibility index (Phi) is 2.57. The first kappa shape index (κ1) is 6.90. The fourth-order valence-corrected chi connectivity index (χ4v) is 0.117. The maximum Gasteiger partial charge on any atom is 0.453 e. The molecule has 5 heteroatoms. The highest BCUT2D eigenvalue weighted by atomic mass is 17.1. The maximum atomic E-state index is 9.85. The van der Waals surface area contributed by atoms with Crippen molar-refractivity contribution in [1.29, 1.82) is 0 Å². The van der Waals surface area contributed by atoms with Gasteiger partial charge in [-0.25, -0.2) is 9.59 Å². The Morgan fingerprint density at radius 1 is 1.25 bits per heavy atom. The van der Waals surface area contributed by atoms with E-state index < -0.39 is 11.9 Å². The summed E-state index contributed by atoms with van der Waals surface area (Å²) in [5, 5.41) is 9.08. The fourth-order valence-electron chi connectivity index (χ4n) is 0.117. The van der Waals surface area contributed by atoms with Gasteiger partial charge in [0.25, 0.3) is 0 Å². The molecule has 0 amide bonds. The molecule has 0 aromatic carbocycles. The number of carbonyl (C=O) groups is 2. The third-order valence-electron chi connectivity index (χ3n) is 0.428. The molecule has 0 saturated carbocycles. The van der Waals surface area contributed by atoms with Crippen LogP contribution in [-0.4, -0.2) is 19.0 Å². The quantitative estimate of drug-likeness (QED) is 0.178. The molecule has 0 aromatic rings. The molecule has 0 aromatic heterocycles. The second-order valence-electron chi connectivity index (χ2n) is 0.862. The summed E-state index contributed by atoms with van der Waals surface area (Å²) in [6, 6.07) is 0. The molecule has 0 spiro atoms. The van der Waals surface area contributed by atoms with Gasteiger partial charge in [0.2, 0.25) is 0 Å². The van der Waals surface area contributed by atoms with Gasteiger partial charge in [-0.2, -0.15) is 0 Å². The Labute approximate surface area is 44.7 Å². The van der Waals surface area contributed by atoms with Crippen LogP contribution in [0.25, 0.3) is 0 Å². The molecule has 0 aliphatic carbocycles. The lowest BCUT2D eigenvalue weighted by atomic mass is 10.7. The van der Waals surface area contributed by atoms with Crippen LogP contribution < -0.4 is 0 Å². The van der Waals surface area contributed by atoms with Crippen molar-refractivity contribution in [2.45, 2.75) is 0 Å². The van der Waals surface area contributed by atoms with Crippen molar-refractivity contribution in [3.8, 4) is 0 Å². The molecule has 0 aliphatic heterocycles. The van der Waals surface area contributed by atoms with Gasteiger partial charge in [-0.1, -0.05) is 0 Å². The van der Waals surface area contributed by atoms with Crippen molar-refractivity contribution in [3.05, 3.63) is 0 Å². The van der Waals surface area contributed by atoms with Crippen molar-refractivity contribution < 1.29 is 24.5 Å². The number of hydrogen-bond acceptors (Lipinski definition) is 4. The summed E-state index contributed by atoms with van der Waals surface area (Å²) >= 11 is 0. The Balaban J connectivity index is 3.64. The minimum atomic E-state index is -1.53. The monoisotopic (exact) mass is 119 g/mol. The van der Waals surface area contributed by atoms with Crippen LogP contribution in [0.15, 0.2) is 0 Å². The van der Waals surface area contributed by atoms with E-state index in [-0.39, 0.29) is 0 Å². The second kappa shape index (κ2) is 2.98. The number of hydrogen-bond donors (Lipinski definition) is 0. The minimum Gasteiger partial charge on any atom is -0.461 e. The van der Waals surface area contributed by atoms with Gasteiger partial charge in [0, 0.05) is 5.26 Å². The van der Waals surface area contributed by atoms with E-state index in [2.05, 4.69) is 9.62 Å². The minimum absolute atomic E-state index is 0.971. The van der Waals surface area contributed by atoms with Crippen LogP contribution >= 0.6 is 0 Å². The second-order valence-corrected chi connectivity index (χ2v) is 0.862. The summed E-state index contributed by atoms with van der Waals surface area (Å²) in [6.07, 6.45) is 0. The third-order valence-corrected chi connectivity index (χ3v) is 0.428. The largest absolute Gasteiger partial charge is 0.461 e. The zero-order valence-electron chi connectivity index (χ0n) is 4.04. The predicted octanol–water partition coefficient (Wildman–Crippen LogP) is -0.952. The summed E-state index contributed by atoms with van der Waals surface area (Å²) < 4.78 is 3.79. The molecule has 1 radical (unpaired) electrons. The molecule has 0 atom stereocenters. The van der Waals surface area contributed by atoms with Crippen LogP contribution in [0.5, 0.6) is 0 Å². The smallest absolute Gasteiger partial charge is 0.453 e. The summed E-state index contributed by atoms with van der Waals surface area (Å²) in [4.78, 5) is 22.3. The number of esters is 1. The lowest BCUT2D eigenvalue weighted by Gasteiger charge is -1.88. The zero-order chi connectivity index (χ0) is 6.57. The first-order chi connectivity index (χ1) is 3.72. The van der Waals surface area contributed by atoms with Crippen molar-refractivity contribution in [3.63, 3.8) is 0 Å². The molecule has 45 valence electrons. The van der Waals surface area contributed by atoms with E-state index in [0.29, 0.717) is 0 Å². The predicted molar refractivity (Wildman–Crippen MR) is 18.8 cm³/mol. The molecule has 0 rings (SSSR count). The third kappa shape index (κ3) is 1.57. The Morgan fingerprint density at radius 2 is 1.75 bits per heavy atom. The van der Waals surface area contributed by atoms with E-state index in [1.165, 1.54) is 0 Å². The normalized spacial score (nSPS) is 7.75. The highest BCUT2D eigenvalue weighted by molar-refractivity contribution is 6.29. The van der Waals surface area contributed by atoms with E-state index in [9.17, 15) is 9.59 Å². The van der Waals surface area contributed by atoms with Crippen molar-refractivity contribution in [2.24, 2.45) is 0 Å². The molecule has 5 nitrogen and oxygen atoms in total. The first-order valence-electron chi connectivity index (χ1n) is 1.64. The molecule has 0 aliphatic rings. The van der Waals surface area contributed by atoms with Gasteiger partial charge in [-0.3, -0.25) is 4.89 Å². The van der Waals surface area contributed by atoms with Gasteiger partial charge in [-0.05, 0) is 0 Å². The van der Waals surface area contributed by atoms with E-state index >= 15 is 0 Å². The molecule has 0 heterocycles. The fraction of sp³-hybridized carbons (Fsp3) is 0.333. The van der Waals surface area contributed by atoms with Crippen molar-refractivity contribution >= 4 is 11.9 Å². The van der Waals surface area contributed by atoms with Crippen LogP contribution in [0.4, 0.5) is 0 Å². The van der Waals surface area contributed by atoms with Gasteiger partial charge in [0.1, 0.15) is 0 Å². The molecular formula is C3H3O5. The lowest BCUT2D eigenvalue weighted by Crippen LogP contribution is -2.16. The number of carbonyl (C=O) groups excluding carboxylic acids is 2. The average Bonchev–Trinajstić information content (AvgIpc) is 1.84. The van der Waals surface area contributed by atoms with E-state index in [1.807, 2.05) is 0 Å². The first-order valence-corrected chi connectivity index (χ1v) is 1.64. The Bertz CT molecular complexity index is 92.2. The number of methoxy groups -OCH3 is 1. The summed E-state index contributed by atoms with van der Waals surface area (Å²) in [6.45, 7) is 0. The van der Waals surface area contributed by atoms with Crippen LogP contribution in [0, 0.1) is 0 Å².